The second-order valence-electron chi connectivity index (χ2n) is 8.96. The lowest BCUT2D eigenvalue weighted by atomic mass is 10.1. The van der Waals surface area contributed by atoms with Crippen LogP contribution in [0.1, 0.15) is 12.0 Å². The predicted molar refractivity (Wildman–Crippen MR) is 143 cm³/mol. The summed E-state index contributed by atoms with van der Waals surface area (Å²) in [7, 11) is 1.72. The van der Waals surface area contributed by atoms with Crippen molar-refractivity contribution in [3.05, 3.63) is 91.4 Å². The monoisotopic (exact) mass is 545 g/mol. The number of rotatable bonds is 6. The molecule has 0 saturated carbocycles. The van der Waals surface area contributed by atoms with Crippen molar-refractivity contribution >= 4 is 45.7 Å². The van der Waals surface area contributed by atoms with Gasteiger partial charge in [-0.05, 0) is 66.9 Å². The SMILES string of the molecule is COC[C@@H]1CCN(Cc2cccc(-c3nc4cc(Cl)ccc4c(=O)n3-c3ccc(Cl)c(F)c3)c2Cl)C1. The van der Waals surface area contributed by atoms with Crippen LogP contribution in [-0.2, 0) is 11.3 Å². The number of benzene rings is 3. The highest BCUT2D eigenvalue weighted by Crippen LogP contribution is 2.33. The maximum absolute atomic E-state index is 14.4. The van der Waals surface area contributed by atoms with Gasteiger partial charge in [0.05, 0.1) is 33.2 Å². The minimum absolute atomic E-state index is 0.0358. The molecule has 3 aromatic carbocycles. The van der Waals surface area contributed by atoms with Crippen LogP contribution in [0.4, 0.5) is 4.39 Å². The molecule has 36 heavy (non-hydrogen) atoms. The first-order valence-electron chi connectivity index (χ1n) is 11.5. The van der Waals surface area contributed by atoms with Crippen molar-refractivity contribution in [3.63, 3.8) is 0 Å². The summed E-state index contributed by atoms with van der Waals surface area (Å²) in [4.78, 5) is 20.8. The van der Waals surface area contributed by atoms with Crippen molar-refractivity contribution < 1.29 is 9.13 Å². The Hall–Kier alpha value is -2.48. The Labute approximate surface area is 223 Å². The van der Waals surface area contributed by atoms with Crippen molar-refractivity contribution in [1.82, 2.24) is 14.5 Å². The lowest BCUT2D eigenvalue weighted by Crippen LogP contribution is -2.23. The number of methoxy groups -OCH3 is 1. The molecule has 0 unspecified atom stereocenters. The summed E-state index contributed by atoms with van der Waals surface area (Å²) in [6.45, 7) is 3.27. The number of likely N-dealkylation sites (tertiary alicyclic amines) is 1. The van der Waals surface area contributed by atoms with Gasteiger partial charge in [0.25, 0.3) is 5.56 Å². The Morgan fingerprint density at radius 3 is 2.72 bits per heavy atom. The molecular weight excluding hydrogens is 524 g/mol. The third-order valence-electron chi connectivity index (χ3n) is 6.48. The van der Waals surface area contributed by atoms with Gasteiger partial charge in [-0.3, -0.25) is 14.3 Å². The number of hydrogen-bond acceptors (Lipinski definition) is 4. The average molecular weight is 547 g/mol. The van der Waals surface area contributed by atoms with E-state index in [2.05, 4.69) is 4.90 Å². The van der Waals surface area contributed by atoms with E-state index < -0.39 is 5.82 Å². The van der Waals surface area contributed by atoms with Crippen LogP contribution in [-0.4, -0.2) is 41.3 Å². The lowest BCUT2D eigenvalue weighted by molar-refractivity contribution is 0.152. The van der Waals surface area contributed by atoms with Crippen LogP contribution in [0.25, 0.3) is 28.0 Å². The third kappa shape index (κ3) is 4.89. The Morgan fingerprint density at radius 2 is 1.94 bits per heavy atom. The molecule has 1 aromatic heterocycles. The van der Waals surface area contributed by atoms with Gasteiger partial charge < -0.3 is 4.74 Å². The van der Waals surface area contributed by atoms with E-state index in [0.717, 1.165) is 31.7 Å². The van der Waals surface area contributed by atoms with Gasteiger partial charge in [0.15, 0.2) is 0 Å². The highest BCUT2D eigenvalue weighted by atomic mass is 35.5. The number of halogens is 4. The van der Waals surface area contributed by atoms with Crippen LogP contribution >= 0.6 is 34.8 Å². The van der Waals surface area contributed by atoms with Crippen LogP contribution in [0, 0.1) is 11.7 Å². The molecule has 0 aliphatic carbocycles. The fraction of sp³-hybridized carbons (Fsp3) is 0.259. The zero-order chi connectivity index (χ0) is 25.4. The first-order valence-corrected chi connectivity index (χ1v) is 12.7. The summed E-state index contributed by atoms with van der Waals surface area (Å²) in [6, 6.07) is 14.7. The molecule has 4 aromatic rings. The van der Waals surface area contributed by atoms with Crippen LogP contribution in [0.15, 0.2) is 59.4 Å². The molecule has 1 saturated heterocycles. The molecule has 1 fully saturated rings. The topological polar surface area (TPSA) is 47.4 Å². The fourth-order valence-electron chi connectivity index (χ4n) is 4.75. The third-order valence-corrected chi connectivity index (χ3v) is 7.47. The highest BCUT2D eigenvalue weighted by Gasteiger charge is 2.24. The molecule has 0 radical (unpaired) electrons. The molecule has 0 amide bonds. The van der Waals surface area contributed by atoms with Crippen LogP contribution in [0.5, 0.6) is 0 Å². The Morgan fingerprint density at radius 1 is 1.11 bits per heavy atom. The Bertz CT molecular complexity index is 1510. The normalized spacial score (nSPS) is 16.2. The highest BCUT2D eigenvalue weighted by molar-refractivity contribution is 6.34. The average Bonchev–Trinajstić information content (AvgIpc) is 3.29. The van der Waals surface area contributed by atoms with E-state index in [9.17, 15) is 9.18 Å². The van der Waals surface area contributed by atoms with Crippen molar-refractivity contribution in [2.45, 2.75) is 13.0 Å². The second-order valence-corrected chi connectivity index (χ2v) is 10.2. The quantitative estimate of drug-likeness (QED) is 0.273. The van der Waals surface area contributed by atoms with Gasteiger partial charge in [-0.15, -0.1) is 0 Å². The molecule has 0 N–H and O–H groups in total. The van der Waals surface area contributed by atoms with E-state index in [1.54, 1.807) is 31.4 Å². The van der Waals surface area contributed by atoms with E-state index in [-0.39, 0.29) is 10.6 Å². The molecule has 1 atom stereocenters. The van der Waals surface area contributed by atoms with Gasteiger partial charge >= 0.3 is 0 Å². The summed E-state index contributed by atoms with van der Waals surface area (Å²) in [5.74, 6) is 0.151. The van der Waals surface area contributed by atoms with Crippen LogP contribution < -0.4 is 5.56 Å². The lowest BCUT2D eigenvalue weighted by Gasteiger charge is -2.19. The van der Waals surface area contributed by atoms with Gasteiger partial charge in [-0.25, -0.2) is 9.37 Å². The number of fused-ring (bicyclic) bond motifs is 1. The first-order chi connectivity index (χ1) is 17.4. The van der Waals surface area contributed by atoms with Crippen LogP contribution in [0.2, 0.25) is 15.1 Å². The molecule has 2 heterocycles. The van der Waals surface area contributed by atoms with Gasteiger partial charge in [0.2, 0.25) is 0 Å². The predicted octanol–water partition coefficient (Wildman–Crippen LogP) is 6.62. The number of aromatic nitrogens is 2. The van der Waals surface area contributed by atoms with Crippen molar-refractivity contribution in [3.8, 4) is 17.1 Å². The van der Waals surface area contributed by atoms with Gasteiger partial charge in [0, 0.05) is 30.8 Å². The first kappa shape index (κ1) is 25.2. The largest absolute Gasteiger partial charge is 0.384 e. The van der Waals surface area contributed by atoms with Gasteiger partial charge in [-0.1, -0.05) is 46.9 Å². The molecule has 186 valence electrons. The number of ether oxygens (including phenoxy) is 1. The molecular formula is C27H23Cl3FN3O2. The van der Waals surface area contributed by atoms with E-state index >= 15 is 0 Å². The molecule has 5 rings (SSSR count). The summed E-state index contributed by atoms with van der Waals surface area (Å²) in [5.41, 5.74) is 1.84. The zero-order valence-corrected chi connectivity index (χ0v) is 21.7. The van der Waals surface area contributed by atoms with E-state index in [4.69, 9.17) is 44.5 Å². The molecule has 0 bridgehead atoms. The van der Waals surface area contributed by atoms with Crippen molar-refractivity contribution in [2.24, 2.45) is 5.92 Å². The smallest absolute Gasteiger partial charge is 0.266 e. The van der Waals surface area contributed by atoms with E-state index in [0.29, 0.717) is 50.5 Å². The molecule has 1 aliphatic heterocycles. The zero-order valence-electron chi connectivity index (χ0n) is 19.5. The summed E-state index contributed by atoms with van der Waals surface area (Å²) in [5, 5.41) is 1.26. The molecule has 1 aliphatic rings. The number of hydrogen-bond donors (Lipinski definition) is 0. The minimum Gasteiger partial charge on any atom is -0.384 e. The standard InChI is InChI=1S/C27H23Cl3FN3O2/c1-36-15-16-9-10-33(13-16)14-17-3-2-4-21(25(17)30)26-32-24-11-18(28)5-7-20(24)27(35)34(26)19-6-8-22(29)23(31)12-19/h2-8,11-12,16H,9-10,13-15H2,1H3/t16-/m1/s1. The fourth-order valence-corrected chi connectivity index (χ4v) is 5.30. The van der Waals surface area contributed by atoms with E-state index in [1.807, 2.05) is 18.2 Å². The molecule has 0 spiro atoms. The molecule has 9 heteroatoms. The van der Waals surface area contributed by atoms with Crippen molar-refractivity contribution in [2.75, 3.05) is 26.8 Å². The maximum atomic E-state index is 14.4. The Balaban J connectivity index is 1.65. The van der Waals surface area contributed by atoms with E-state index in [1.165, 1.54) is 16.7 Å². The van der Waals surface area contributed by atoms with Gasteiger partial charge in [-0.2, -0.15) is 0 Å². The molecule has 5 nitrogen and oxygen atoms in total. The summed E-state index contributed by atoms with van der Waals surface area (Å²) >= 11 is 19.0. The summed E-state index contributed by atoms with van der Waals surface area (Å²) in [6.07, 6.45) is 1.07. The van der Waals surface area contributed by atoms with Crippen molar-refractivity contribution in [1.29, 1.82) is 0 Å². The van der Waals surface area contributed by atoms with Gasteiger partial charge in [0.1, 0.15) is 11.6 Å². The minimum atomic E-state index is -0.636. The number of nitrogens with zero attached hydrogens (tertiary/aromatic N) is 3. The van der Waals surface area contributed by atoms with Crippen LogP contribution in [0.3, 0.4) is 0 Å². The second kappa shape index (κ2) is 10.5. The maximum Gasteiger partial charge on any atom is 0.266 e. The summed E-state index contributed by atoms with van der Waals surface area (Å²) < 4.78 is 21.1. The Kier molecular flexibility index (Phi) is 7.33.